The van der Waals surface area contributed by atoms with Crippen LogP contribution in [0.25, 0.3) is 0 Å². The van der Waals surface area contributed by atoms with E-state index in [1.165, 1.54) is 13.5 Å². The van der Waals surface area contributed by atoms with Crippen molar-refractivity contribution in [2.45, 2.75) is 63.6 Å². The first-order chi connectivity index (χ1) is 8.58. The van der Waals surface area contributed by atoms with Crippen molar-refractivity contribution in [2.75, 3.05) is 13.7 Å². The van der Waals surface area contributed by atoms with Crippen LogP contribution in [0.3, 0.4) is 0 Å². The van der Waals surface area contributed by atoms with Crippen LogP contribution in [0.1, 0.15) is 46.0 Å². The number of rotatable bonds is 7. The van der Waals surface area contributed by atoms with Crippen LogP contribution >= 0.6 is 0 Å². The molecular formula is C14H25NO3. The Morgan fingerprint density at radius 3 is 2.39 bits per heavy atom. The number of carbonyl (C=O) groups excluding carboxylic acids is 1. The third kappa shape index (κ3) is 2.86. The van der Waals surface area contributed by atoms with E-state index >= 15 is 0 Å². The van der Waals surface area contributed by atoms with E-state index < -0.39 is 5.54 Å². The van der Waals surface area contributed by atoms with Gasteiger partial charge in [0.1, 0.15) is 5.54 Å². The molecule has 0 aromatic rings. The van der Waals surface area contributed by atoms with Gasteiger partial charge in [-0.05, 0) is 51.9 Å². The van der Waals surface area contributed by atoms with Gasteiger partial charge in [-0.1, -0.05) is 0 Å². The molecule has 1 atom stereocenters. The number of nitrogens with one attached hydrogen (secondary N) is 1. The summed E-state index contributed by atoms with van der Waals surface area (Å²) in [7, 11) is 1.46. The van der Waals surface area contributed by atoms with Crippen LogP contribution in [0.15, 0.2) is 0 Å². The van der Waals surface area contributed by atoms with Crippen LogP contribution in [0.5, 0.6) is 0 Å². The highest BCUT2D eigenvalue weighted by Crippen LogP contribution is 2.41. The summed E-state index contributed by atoms with van der Waals surface area (Å²) in [5.74, 6) is 0.199. The molecule has 2 rings (SSSR count). The van der Waals surface area contributed by atoms with Gasteiger partial charge in [0.05, 0.1) is 19.8 Å². The summed E-state index contributed by atoms with van der Waals surface area (Å²) in [5, 5.41) is 3.41. The normalized spacial score (nSPS) is 23.6. The van der Waals surface area contributed by atoms with Crippen molar-refractivity contribution in [3.8, 4) is 0 Å². The Balaban J connectivity index is 2.04. The average molecular weight is 255 g/mol. The molecule has 104 valence electrons. The first-order valence-corrected chi connectivity index (χ1v) is 7.06. The second-order valence-electron chi connectivity index (χ2n) is 5.90. The molecule has 2 aliphatic carbocycles. The van der Waals surface area contributed by atoms with E-state index in [1.54, 1.807) is 0 Å². The number of hydrogen-bond donors (Lipinski definition) is 1. The summed E-state index contributed by atoms with van der Waals surface area (Å²) in [6, 6.07) is 0.245. The van der Waals surface area contributed by atoms with Crippen molar-refractivity contribution in [1.29, 1.82) is 0 Å². The lowest BCUT2D eigenvalue weighted by molar-refractivity contribution is -0.156. The maximum atomic E-state index is 12.2. The summed E-state index contributed by atoms with van der Waals surface area (Å²) in [4.78, 5) is 12.2. The predicted octanol–water partition coefficient (Wildman–Crippen LogP) is 1.88. The minimum absolute atomic E-state index is 0.168. The van der Waals surface area contributed by atoms with Crippen LogP contribution < -0.4 is 5.32 Å². The Kier molecular flexibility index (Phi) is 4.28. The van der Waals surface area contributed by atoms with E-state index in [9.17, 15) is 4.79 Å². The van der Waals surface area contributed by atoms with Crippen molar-refractivity contribution in [3.05, 3.63) is 0 Å². The summed E-state index contributed by atoms with van der Waals surface area (Å²) in [5.41, 5.74) is -0.626. The third-order valence-electron chi connectivity index (χ3n) is 3.97. The zero-order valence-corrected chi connectivity index (χ0v) is 11.7. The molecule has 1 unspecified atom stereocenters. The topological polar surface area (TPSA) is 47.6 Å². The summed E-state index contributed by atoms with van der Waals surface area (Å²) >= 11 is 0. The number of ether oxygens (including phenoxy) is 2. The first kappa shape index (κ1) is 13.8. The summed E-state index contributed by atoms with van der Waals surface area (Å²) in [6.07, 6.45) is 6.03. The zero-order valence-electron chi connectivity index (χ0n) is 11.7. The molecule has 0 bridgehead atoms. The molecule has 2 aliphatic rings. The van der Waals surface area contributed by atoms with Crippen LogP contribution in [0, 0.1) is 5.92 Å². The molecule has 4 nitrogen and oxygen atoms in total. The van der Waals surface area contributed by atoms with Crippen LogP contribution in [-0.4, -0.2) is 37.4 Å². The SMILES string of the molecule is COC(=O)C(COC1CCC1)(NC(C)C)C1CC1. The number of esters is 1. The quantitative estimate of drug-likeness (QED) is 0.706. The minimum Gasteiger partial charge on any atom is -0.468 e. The molecule has 0 aromatic heterocycles. The Bertz CT molecular complexity index is 297. The molecule has 0 heterocycles. The third-order valence-corrected chi connectivity index (χ3v) is 3.97. The van der Waals surface area contributed by atoms with Crippen molar-refractivity contribution in [2.24, 2.45) is 5.92 Å². The highest BCUT2D eigenvalue weighted by molar-refractivity contribution is 5.82. The highest BCUT2D eigenvalue weighted by atomic mass is 16.5. The maximum absolute atomic E-state index is 12.2. The number of carbonyl (C=O) groups is 1. The van der Waals surface area contributed by atoms with Gasteiger partial charge in [-0.25, -0.2) is 4.79 Å². The average Bonchev–Trinajstić information content (AvgIpc) is 3.07. The first-order valence-electron chi connectivity index (χ1n) is 7.06. The van der Waals surface area contributed by atoms with Gasteiger partial charge in [0.2, 0.25) is 0 Å². The fraction of sp³-hybridized carbons (Fsp3) is 0.929. The molecule has 0 amide bonds. The molecule has 18 heavy (non-hydrogen) atoms. The lowest BCUT2D eigenvalue weighted by Gasteiger charge is -2.37. The minimum atomic E-state index is -0.626. The molecule has 0 aromatic carbocycles. The van der Waals surface area contributed by atoms with Crippen molar-refractivity contribution in [3.63, 3.8) is 0 Å². The Hall–Kier alpha value is -0.610. The van der Waals surface area contributed by atoms with E-state index in [1.807, 2.05) is 0 Å². The smallest absolute Gasteiger partial charge is 0.328 e. The van der Waals surface area contributed by atoms with Gasteiger partial charge in [0, 0.05) is 6.04 Å². The van der Waals surface area contributed by atoms with Gasteiger partial charge in [0.15, 0.2) is 0 Å². The molecule has 4 heteroatoms. The molecule has 2 saturated carbocycles. The second kappa shape index (κ2) is 5.57. The molecule has 0 spiro atoms. The van der Waals surface area contributed by atoms with E-state index in [2.05, 4.69) is 19.2 Å². The Morgan fingerprint density at radius 2 is 2.00 bits per heavy atom. The van der Waals surface area contributed by atoms with E-state index in [0.717, 1.165) is 25.7 Å². The largest absolute Gasteiger partial charge is 0.468 e. The summed E-state index contributed by atoms with van der Waals surface area (Å²) in [6.45, 7) is 4.57. The molecule has 0 radical (unpaired) electrons. The van der Waals surface area contributed by atoms with Gasteiger partial charge < -0.3 is 9.47 Å². The van der Waals surface area contributed by atoms with Crippen molar-refractivity contribution >= 4 is 5.97 Å². The van der Waals surface area contributed by atoms with Crippen LogP contribution in [-0.2, 0) is 14.3 Å². The van der Waals surface area contributed by atoms with Gasteiger partial charge in [-0.2, -0.15) is 0 Å². The van der Waals surface area contributed by atoms with E-state index in [0.29, 0.717) is 18.6 Å². The Labute approximate surface area is 109 Å². The molecular weight excluding hydrogens is 230 g/mol. The van der Waals surface area contributed by atoms with Crippen molar-refractivity contribution < 1.29 is 14.3 Å². The zero-order chi connectivity index (χ0) is 13.2. The lowest BCUT2D eigenvalue weighted by Crippen LogP contribution is -2.60. The number of hydrogen-bond acceptors (Lipinski definition) is 4. The van der Waals surface area contributed by atoms with E-state index in [-0.39, 0.29) is 12.0 Å². The van der Waals surface area contributed by atoms with E-state index in [4.69, 9.17) is 9.47 Å². The van der Waals surface area contributed by atoms with Gasteiger partial charge >= 0.3 is 5.97 Å². The van der Waals surface area contributed by atoms with Crippen molar-refractivity contribution in [1.82, 2.24) is 5.32 Å². The monoisotopic (exact) mass is 255 g/mol. The second-order valence-corrected chi connectivity index (χ2v) is 5.90. The fourth-order valence-electron chi connectivity index (χ4n) is 2.62. The predicted molar refractivity (Wildman–Crippen MR) is 69.3 cm³/mol. The number of methoxy groups -OCH3 is 1. The molecule has 1 N–H and O–H groups in total. The van der Waals surface area contributed by atoms with Gasteiger partial charge in [-0.15, -0.1) is 0 Å². The Morgan fingerprint density at radius 1 is 1.33 bits per heavy atom. The highest BCUT2D eigenvalue weighted by Gasteiger charge is 2.52. The van der Waals surface area contributed by atoms with Gasteiger partial charge in [-0.3, -0.25) is 5.32 Å². The fourth-order valence-corrected chi connectivity index (χ4v) is 2.62. The van der Waals surface area contributed by atoms with Gasteiger partial charge in [0.25, 0.3) is 0 Å². The standard InChI is InChI=1S/C14H25NO3/c1-10(2)15-14(11-7-8-11,13(16)17-3)9-18-12-5-4-6-12/h10-12,15H,4-9H2,1-3H3. The lowest BCUT2D eigenvalue weighted by atomic mass is 9.91. The maximum Gasteiger partial charge on any atom is 0.328 e. The molecule has 0 saturated heterocycles. The molecule has 0 aliphatic heterocycles. The molecule has 2 fully saturated rings. The van der Waals surface area contributed by atoms with Crippen LogP contribution in [0.2, 0.25) is 0 Å². The van der Waals surface area contributed by atoms with Crippen LogP contribution in [0.4, 0.5) is 0 Å². The summed E-state index contributed by atoms with van der Waals surface area (Å²) < 4.78 is 10.9.